The van der Waals surface area contributed by atoms with Gasteiger partial charge < -0.3 is 20.4 Å². The van der Waals surface area contributed by atoms with Gasteiger partial charge in [-0.2, -0.15) is 0 Å². The van der Waals surface area contributed by atoms with Crippen LogP contribution in [-0.4, -0.2) is 63.0 Å². The number of rotatable bonds is 8. The minimum Gasteiger partial charge on any atom is -0.409 e. The lowest BCUT2D eigenvalue weighted by atomic mass is 10.5. The van der Waals surface area contributed by atoms with Crippen molar-refractivity contribution in [3.8, 4) is 0 Å². The maximum absolute atomic E-state index is 8.31. The molecule has 14 heavy (non-hydrogen) atoms. The molecule has 0 amide bonds. The third-order valence-corrected chi connectivity index (χ3v) is 1.61. The number of amidine groups is 1. The summed E-state index contributed by atoms with van der Waals surface area (Å²) in [5, 5.41) is 11.2. The molecule has 0 aliphatic rings. The lowest BCUT2D eigenvalue weighted by molar-refractivity contribution is 0.0622. The molecule has 3 N–H and O–H groups in total. The molecule has 0 aliphatic carbocycles. The summed E-state index contributed by atoms with van der Waals surface area (Å²) in [4.78, 5) is 1.90. The fraction of sp³-hybridized carbons (Fsp3) is 0.875. The van der Waals surface area contributed by atoms with Crippen molar-refractivity contribution in [2.45, 2.75) is 0 Å². The molecule has 6 heteroatoms. The zero-order chi connectivity index (χ0) is 10.8. The van der Waals surface area contributed by atoms with Gasteiger partial charge in [0.2, 0.25) is 0 Å². The molecule has 84 valence electrons. The topological polar surface area (TPSA) is 80.3 Å². The number of oxime groups is 1. The van der Waals surface area contributed by atoms with Gasteiger partial charge in [-0.05, 0) is 7.05 Å². The number of ether oxygens (including phenoxy) is 2. The van der Waals surface area contributed by atoms with Gasteiger partial charge in [0.05, 0.1) is 26.4 Å². The van der Waals surface area contributed by atoms with Crippen molar-refractivity contribution < 1.29 is 14.7 Å². The highest BCUT2D eigenvalue weighted by atomic mass is 16.5. The molecule has 0 aromatic heterocycles. The van der Waals surface area contributed by atoms with Gasteiger partial charge in [0.25, 0.3) is 0 Å². The fourth-order valence-electron chi connectivity index (χ4n) is 0.852. The summed E-state index contributed by atoms with van der Waals surface area (Å²) >= 11 is 0. The van der Waals surface area contributed by atoms with E-state index >= 15 is 0 Å². The van der Waals surface area contributed by atoms with Crippen LogP contribution in [0.15, 0.2) is 5.16 Å². The van der Waals surface area contributed by atoms with E-state index in [1.807, 2.05) is 11.9 Å². The maximum atomic E-state index is 8.31. The summed E-state index contributed by atoms with van der Waals surface area (Å²) in [6, 6.07) is 0. The van der Waals surface area contributed by atoms with Crippen molar-refractivity contribution in [2.75, 3.05) is 47.1 Å². The molecule has 0 atom stereocenters. The first kappa shape index (κ1) is 13.2. The van der Waals surface area contributed by atoms with E-state index in [0.29, 0.717) is 26.4 Å². The van der Waals surface area contributed by atoms with Gasteiger partial charge in [-0.25, -0.2) is 0 Å². The third-order valence-electron chi connectivity index (χ3n) is 1.61. The molecular formula is C8H19N3O3. The second-order valence-corrected chi connectivity index (χ2v) is 2.93. The number of hydrogen-bond acceptors (Lipinski definition) is 5. The predicted molar refractivity (Wildman–Crippen MR) is 53.6 cm³/mol. The summed E-state index contributed by atoms with van der Waals surface area (Å²) in [5.74, 6) is 0.199. The van der Waals surface area contributed by atoms with Gasteiger partial charge in [0.15, 0.2) is 5.84 Å². The van der Waals surface area contributed by atoms with Crippen LogP contribution in [0.2, 0.25) is 0 Å². The lowest BCUT2D eigenvalue weighted by Gasteiger charge is -2.15. The first-order valence-electron chi connectivity index (χ1n) is 4.42. The van der Waals surface area contributed by atoms with Crippen molar-refractivity contribution in [2.24, 2.45) is 10.9 Å². The first-order valence-corrected chi connectivity index (χ1v) is 4.42. The molecule has 0 bridgehead atoms. The molecular weight excluding hydrogens is 186 g/mol. The largest absolute Gasteiger partial charge is 0.409 e. The van der Waals surface area contributed by atoms with Crippen LogP contribution in [0.3, 0.4) is 0 Å². The van der Waals surface area contributed by atoms with E-state index in [1.165, 1.54) is 0 Å². The number of methoxy groups -OCH3 is 1. The van der Waals surface area contributed by atoms with Crippen molar-refractivity contribution in [1.29, 1.82) is 0 Å². The molecule has 0 radical (unpaired) electrons. The zero-order valence-corrected chi connectivity index (χ0v) is 8.77. The second-order valence-electron chi connectivity index (χ2n) is 2.93. The number of hydrogen-bond donors (Lipinski definition) is 2. The smallest absolute Gasteiger partial charge is 0.153 e. The average Bonchev–Trinajstić information content (AvgIpc) is 2.17. The SMILES string of the molecule is COCCOCCN(C)CC(N)=NO. The van der Waals surface area contributed by atoms with Gasteiger partial charge >= 0.3 is 0 Å². The molecule has 0 spiro atoms. The molecule has 6 nitrogen and oxygen atoms in total. The molecule has 0 saturated heterocycles. The van der Waals surface area contributed by atoms with Crippen molar-refractivity contribution in [3.63, 3.8) is 0 Å². The van der Waals surface area contributed by atoms with E-state index in [0.717, 1.165) is 6.54 Å². The van der Waals surface area contributed by atoms with Crippen molar-refractivity contribution in [1.82, 2.24) is 4.90 Å². The quantitative estimate of drug-likeness (QED) is 0.180. The van der Waals surface area contributed by atoms with E-state index in [-0.39, 0.29) is 5.84 Å². The Morgan fingerprint density at radius 3 is 2.71 bits per heavy atom. The molecule has 0 unspecified atom stereocenters. The van der Waals surface area contributed by atoms with Crippen LogP contribution in [-0.2, 0) is 9.47 Å². The Morgan fingerprint density at radius 2 is 2.14 bits per heavy atom. The molecule has 0 saturated carbocycles. The van der Waals surface area contributed by atoms with E-state index in [4.69, 9.17) is 20.4 Å². The highest BCUT2D eigenvalue weighted by Gasteiger charge is 2.00. The van der Waals surface area contributed by atoms with Crippen molar-refractivity contribution >= 4 is 5.84 Å². The van der Waals surface area contributed by atoms with Gasteiger partial charge in [-0.1, -0.05) is 5.16 Å². The Bertz CT molecular complexity index is 164. The van der Waals surface area contributed by atoms with Crippen LogP contribution in [0, 0.1) is 0 Å². The Labute approximate surface area is 84.3 Å². The predicted octanol–water partition coefficient (Wildman–Crippen LogP) is -0.672. The molecule has 0 aliphatic heterocycles. The Morgan fingerprint density at radius 1 is 1.43 bits per heavy atom. The van der Waals surface area contributed by atoms with E-state index in [1.54, 1.807) is 7.11 Å². The lowest BCUT2D eigenvalue weighted by Crippen LogP contribution is -2.33. The summed E-state index contributed by atoms with van der Waals surface area (Å²) < 4.78 is 10.1. The molecule has 0 heterocycles. The zero-order valence-electron chi connectivity index (χ0n) is 8.77. The van der Waals surface area contributed by atoms with Crippen LogP contribution >= 0.6 is 0 Å². The highest BCUT2D eigenvalue weighted by Crippen LogP contribution is 1.84. The van der Waals surface area contributed by atoms with Gasteiger partial charge in [-0.15, -0.1) is 0 Å². The Balaban J connectivity index is 3.31. The molecule has 0 rings (SSSR count). The highest BCUT2D eigenvalue weighted by molar-refractivity contribution is 5.81. The van der Waals surface area contributed by atoms with Crippen molar-refractivity contribution in [3.05, 3.63) is 0 Å². The van der Waals surface area contributed by atoms with Gasteiger partial charge in [0, 0.05) is 13.7 Å². The van der Waals surface area contributed by atoms with Crippen LogP contribution < -0.4 is 5.73 Å². The molecule has 0 aromatic carbocycles. The van der Waals surface area contributed by atoms with Crippen LogP contribution in [0.5, 0.6) is 0 Å². The monoisotopic (exact) mass is 205 g/mol. The number of likely N-dealkylation sites (N-methyl/N-ethyl adjacent to an activating group) is 1. The summed E-state index contributed by atoms with van der Waals surface area (Å²) in [7, 11) is 3.51. The number of nitrogens with zero attached hydrogens (tertiary/aromatic N) is 2. The van der Waals surface area contributed by atoms with E-state index in [9.17, 15) is 0 Å². The van der Waals surface area contributed by atoms with E-state index < -0.39 is 0 Å². The molecule has 0 fully saturated rings. The Hall–Kier alpha value is -0.850. The summed E-state index contributed by atoms with van der Waals surface area (Å²) in [5.41, 5.74) is 5.32. The molecule has 0 aromatic rings. The van der Waals surface area contributed by atoms with E-state index in [2.05, 4.69) is 5.16 Å². The standard InChI is InChI=1S/C8H19N3O3/c1-11(7-8(9)10-12)3-4-14-6-5-13-2/h12H,3-7H2,1-2H3,(H2,9,10). The minimum atomic E-state index is 0.199. The summed E-state index contributed by atoms with van der Waals surface area (Å²) in [6.07, 6.45) is 0. The fourth-order valence-corrected chi connectivity index (χ4v) is 0.852. The normalized spacial score (nSPS) is 12.4. The van der Waals surface area contributed by atoms with Crippen LogP contribution in [0.25, 0.3) is 0 Å². The summed E-state index contributed by atoms with van der Waals surface area (Å²) in [6.45, 7) is 2.97. The minimum absolute atomic E-state index is 0.199. The first-order chi connectivity index (χ1) is 6.70. The Kier molecular flexibility index (Phi) is 8.20. The average molecular weight is 205 g/mol. The third kappa shape index (κ3) is 7.78. The maximum Gasteiger partial charge on any atom is 0.153 e. The van der Waals surface area contributed by atoms with Crippen LogP contribution in [0.4, 0.5) is 0 Å². The second kappa shape index (κ2) is 8.74. The van der Waals surface area contributed by atoms with Gasteiger partial charge in [-0.3, -0.25) is 4.90 Å². The number of nitrogens with two attached hydrogens (primary N) is 1. The van der Waals surface area contributed by atoms with Crippen LogP contribution in [0.1, 0.15) is 0 Å². The van der Waals surface area contributed by atoms with Gasteiger partial charge in [0.1, 0.15) is 0 Å².